The van der Waals surface area contributed by atoms with E-state index in [1.54, 1.807) is 0 Å². The van der Waals surface area contributed by atoms with Crippen LogP contribution in [-0.2, 0) is 13.0 Å². The molecule has 0 aliphatic carbocycles. The van der Waals surface area contributed by atoms with Crippen molar-refractivity contribution in [3.8, 4) is 0 Å². The fourth-order valence-electron chi connectivity index (χ4n) is 2.09. The summed E-state index contributed by atoms with van der Waals surface area (Å²) < 4.78 is 0. The molecule has 0 radical (unpaired) electrons. The standard InChI is InChI=1S/C16H21ClN2S/c1-3-18-12-13-6-7-16(15(17)11-13)19(2)9-8-14-5-4-10-20-14/h4-7,10-11,18H,3,8-9,12H2,1-2H3. The predicted octanol–water partition coefficient (Wildman–Crippen LogP) is 4.19. The summed E-state index contributed by atoms with van der Waals surface area (Å²) in [4.78, 5) is 3.63. The number of hydrogen-bond acceptors (Lipinski definition) is 3. The second-order valence-corrected chi connectivity index (χ2v) is 6.26. The van der Waals surface area contributed by atoms with Gasteiger partial charge in [0.25, 0.3) is 0 Å². The molecule has 2 nitrogen and oxygen atoms in total. The molecule has 0 atom stereocenters. The second-order valence-electron chi connectivity index (χ2n) is 4.82. The highest BCUT2D eigenvalue weighted by molar-refractivity contribution is 7.09. The summed E-state index contributed by atoms with van der Waals surface area (Å²) in [5.41, 5.74) is 2.33. The number of halogens is 1. The van der Waals surface area contributed by atoms with Gasteiger partial charge in [0.05, 0.1) is 10.7 Å². The van der Waals surface area contributed by atoms with Crippen molar-refractivity contribution in [1.29, 1.82) is 0 Å². The topological polar surface area (TPSA) is 15.3 Å². The Hall–Kier alpha value is -1.03. The van der Waals surface area contributed by atoms with E-state index >= 15 is 0 Å². The molecule has 0 aliphatic rings. The molecule has 108 valence electrons. The van der Waals surface area contributed by atoms with Gasteiger partial charge in [0.15, 0.2) is 0 Å². The lowest BCUT2D eigenvalue weighted by atomic mass is 10.2. The van der Waals surface area contributed by atoms with Gasteiger partial charge in [0.1, 0.15) is 0 Å². The molecule has 1 aromatic carbocycles. The Morgan fingerprint density at radius 1 is 1.30 bits per heavy atom. The molecule has 0 fully saturated rings. The van der Waals surface area contributed by atoms with Crippen LogP contribution in [0, 0.1) is 0 Å². The number of rotatable bonds is 7. The molecule has 0 saturated carbocycles. The van der Waals surface area contributed by atoms with E-state index in [0.29, 0.717) is 0 Å². The Balaban J connectivity index is 1.96. The van der Waals surface area contributed by atoms with Crippen LogP contribution in [0.2, 0.25) is 5.02 Å². The smallest absolute Gasteiger partial charge is 0.0642 e. The van der Waals surface area contributed by atoms with Crippen molar-refractivity contribution >= 4 is 28.6 Å². The Bertz CT molecular complexity index is 525. The van der Waals surface area contributed by atoms with Crippen LogP contribution in [-0.4, -0.2) is 20.1 Å². The molecule has 0 bridgehead atoms. The Morgan fingerprint density at radius 2 is 2.15 bits per heavy atom. The number of likely N-dealkylation sites (N-methyl/N-ethyl adjacent to an activating group) is 1. The fraction of sp³-hybridized carbons (Fsp3) is 0.375. The molecule has 0 amide bonds. The van der Waals surface area contributed by atoms with Gasteiger partial charge >= 0.3 is 0 Å². The minimum Gasteiger partial charge on any atom is -0.373 e. The molecule has 20 heavy (non-hydrogen) atoms. The minimum absolute atomic E-state index is 0.828. The van der Waals surface area contributed by atoms with E-state index in [4.69, 9.17) is 11.6 Å². The van der Waals surface area contributed by atoms with Crippen LogP contribution in [0.15, 0.2) is 35.7 Å². The number of anilines is 1. The second kappa shape index (κ2) is 7.67. The molecule has 2 aromatic rings. The van der Waals surface area contributed by atoms with E-state index in [1.165, 1.54) is 10.4 Å². The van der Waals surface area contributed by atoms with Crippen LogP contribution in [0.4, 0.5) is 5.69 Å². The zero-order valence-electron chi connectivity index (χ0n) is 12.0. The summed E-state index contributed by atoms with van der Waals surface area (Å²) >= 11 is 8.20. The summed E-state index contributed by atoms with van der Waals surface area (Å²) in [6.07, 6.45) is 1.06. The third kappa shape index (κ3) is 4.23. The zero-order valence-corrected chi connectivity index (χ0v) is 13.6. The van der Waals surface area contributed by atoms with E-state index < -0.39 is 0 Å². The van der Waals surface area contributed by atoms with Gasteiger partial charge in [-0.25, -0.2) is 0 Å². The first-order valence-electron chi connectivity index (χ1n) is 6.93. The molecule has 0 spiro atoms. The molecule has 1 N–H and O–H groups in total. The fourth-order valence-corrected chi connectivity index (χ4v) is 3.14. The number of thiophene rings is 1. The third-order valence-electron chi connectivity index (χ3n) is 3.28. The van der Waals surface area contributed by atoms with Gasteiger partial charge in [0, 0.05) is 25.0 Å². The monoisotopic (exact) mass is 308 g/mol. The van der Waals surface area contributed by atoms with Gasteiger partial charge < -0.3 is 10.2 Å². The van der Waals surface area contributed by atoms with Crippen LogP contribution in [0.5, 0.6) is 0 Å². The first kappa shape index (κ1) is 15.4. The summed E-state index contributed by atoms with van der Waals surface area (Å²) in [5.74, 6) is 0. The highest BCUT2D eigenvalue weighted by Gasteiger charge is 2.07. The van der Waals surface area contributed by atoms with E-state index in [2.05, 4.69) is 59.9 Å². The van der Waals surface area contributed by atoms with E-state index in [9.17, 15) is 0 Å². The van der Waals surface area contributed by atoms with Gasteiger partial charge in [-0.15, -0.1) is 11.3 Å². The maximum Gasteiger partial charge on any atom is 0.0642 e. The molecular formula is C16H21ClN2S. The molecule has 4 heteroatoms. The Kier molecular flexibility index (Phi) is 5.89. The molecule has 0 unspecified atom stereocenters. The number of nitrogens with zero attached hydrogens (tertiary/aromatic N) is 1. The molecule has 0 saturated heterocycles. The SMILES string of the molecule is CCNCc1ccc(N(C)CCc2cccs2)c(Cl)c1. The van der Waals surface area contributed by atoms with Gasteiger partial charge in [0.2, 0.25) is 0 Å². The summed E-state index contributed by atoms with van der Waals surface area (Å²) in [7, 11) is 2.10. The highest BCUT2D eigenvalue weighted by atomic mass is 35.5. The van der Waals surface area contributed by atoms with Crippen LogP contribution < -0.4 is 10.2 Å². The molecule has 1 aromatic heterocycles. The van der Waals surface area contributed by atoms with Crippen molar-refractivity contribution in [2.75, 3.05) is 25.0 Å². The van der Waals surface area contributed by atoms with Crippen molar-refractivity contribution in [2.45, 2.75) is 19.9 Å². The van der Waals surface area contributed by atoms with Gasteiger partial charge in [-0.2, -0.15) is 0 Å². The lowest BCUT2D eigenvalue weighted by Gasteiger charge is -2.21. The van der Waals surface area contributed by atoms with E-state index in [1.807, 2.05) is 11.3 Å². The summed E-state index contributed by atoms with van der Waals surface area (Å²) in [6, 6.07) is 10.6. The number of nitrogens with one attached hydrogen (secondary N) is 1. The maximum atomic E-state index is 6.40. The van der Waals surface area contributed by atoms with Gasteiger partial charge in [-0.05, 0) is 42.1 Å². The number of benzene rings is 1. The van der Waals surface area contributed by atoms with E-state index in [-0.39, 0.29) is 0 Å². The van der Waals surface area contributed by atoms with Crippen molar-refractivity contribution in [2.24, 2.45) is 0 Å². The molecule has 1 heterocycles. The summed E-state index contributed by atoms with van der Waals surface area (Å²) in [6.45, 7) is 4.93. The lowest BCUT2D eigenvalue weighted by Crippen LogP contribution is -2.20. The minimum atomic E-state index is 0.828. The largest absolute Gasteiger partial charge is 0.373 e. The average Bonchev–Trinajstić information content (AvgIpc) is 2.96. The van der Waals surface area contributed by atoms with Crippen LogP contribution in [0.3, 0.4) is 0 Å². The van der Waals surface area contributed by atoms with Crippen LogP contribution in [0.25, 0.3) is 0 Å². The number of hydrogen-bond donors (Lipinski definition) is 1. The Labute approximate surface area is 130 Å². The van der Waals surface area contributed by atoms with Crippen LogP contribution in [0.1, 0.15) is 17.4 Å². The molecule has 0 aliphatic heterocycles. The Morgan fingerprint density at radius 3 is 2.80 bits per heavy atom. The lowest BCUT2D eigenvalue weighted by molar-refractivity contribution is 0.726. The molecular weight excluding hydrogens is 288 g/mol. The van der Waals surface area contributed by atoms with Gasteiger partial charge in [-0.3, -0.25) is 0 Å². The first-order valence-corrected chi connectivity index (χ1v) is 8.19. The van der Waals surface area contributed by atoms with Crippen molar-refractivity contribution < 1.29 is 0 Å². The van der Waals surface area contributed by atoms with Crippen molar-refractivity contribution in [3.05, 3.63) is 51.2 Å². The quantitative estimate of drug-likeness (QED) is 0.825. The maximum absolute atomic E-state index is 6.40. The van der Waals surface area contributed by atoms with E-state index in [0.717, 1.165) is 36.8 Å². The average molecular weight is 309 g/mol. The molecule has 2 rings (SSSR count). The first-order chi connectivity index (χ1) is 9.70. The van der Waals surface area contributed by atoms with Crippen molar-refractivity contribution in [1.82, 2.24) is 5.32 Å². The van der Waals surface area contributed by atoms with Gasteiger partial charge in [-0.1, -0.05) is 30.7 Å². The highest BCUT2D eigenvalue weighted by Crippen LogP contribution is 2.26. The normalized spacial score (nSPS) is 10.8. The predicted molar refractivity (Wildman–Crippen MR) is 90.1 cm³/mol. The van der Waals surface area contributed by atoms with Crippen molar-refractivity contribution in [3.63, 3.8) is 0 Å². The van der Waals surface area contributed by atoms with Crippen LogP contribution >= 0.6 is 22.9 Å². The summed E-state index contributed by atoms with van der Waals surface area (Å²) in [5, 5.41) is 6.26. The zero-order chi connectivity index (χ0) is 14.4. The third-order valence-corrected chi connectivity index (χ3v) is 4.52.